The molecule has 0 unspecified atom stereocenters. The number of hydrogen-bond acceptors (Lipinski definition) is 1. The first-order valence-electron chi connectivity index (χ1n) is 1.20. The molecule has 0 rings (SSSR count). The van der Waals surface area contributed by atoms with E-state index in [9.17, 15) is 4.79 Å². The smallest absolute Gasteiger partial charge is 1.00 e. The second-order valence-corrected chi connectivity index (χ2v) is 0.908. The third kappa shape index (κ3) is 67.1. The summed E-state index contributed by atoms with van der Waals surface area (Å²) in [5.41, 5.74) is 0. The zero-order valence-electron chi connectivity index (χ0n) is 4.29. The maximum atomic E-state index is 9.44. The molecule has 0 aliphatic carbocycles. The molecule has 0 amide bonds. The van der Waals surface area contributed by atoms with E-state index in [-0.39, 0.29) is 52.3 Å². The van der Waals surface area contributed by atoms with Gasteiger partial charge in [0.05, 0.1) is 0 Å². The van der Waals surface area contributed by atoms with Crippen LogP contribution in [0.2, 0.25) is 0 Å². The molecule has 0 N–H and O–H groups in total. The van der Waals surface area contributed by atoms with Gasteiger partial charge >= 0.3 is 29.6 Å². The maximum Gasteiger partial charge on any atom is 1.00 e. The number of hydrogen-bond donors (Lipinski definition) is 0. The Kier molecular flexibility index (Phi) is 24.8. The molecular weight excluding hydrogens is 155 g/mol. The molecule has 0 bridgehead atoms. The molecule has 0 heterocycles. The standard InChI is InChI=1S/C3H6O.BrH.Na/c1-3(2)4;;/h1-2H3;1H;/q;;+1/p-1. The van der Waals surface area contributed by atoms with E-state index in [2.05, 4.69) is 0 Å². The second-order valence-electron chi connectivity index (χ2n) is 0.908. The van der Waals surface area contributed by atoms with Crippen LogP contribution in [0.1, 0.15) is 13.8 Å². The Morgan fingerprint density at radius 2 is 1.33 bits per heavy atom. The van der Waals surface area contributed by atoms with Crippen LogP contribution in [0.15, 0.2) is 0 Å². The van der Waals surface area contributed by atoms with Gasteiger partial charge in [0.1, 0.15) is 5.78 Å². The Morgan fingerprint density at radius 1 is 1.33 bits per heavy atom. The van der Waals surface area contributed by atoms with E-state index in [1.807, 2.05) is 0 Å². The largest absolute Gasteiger partial charge is 1.00 e. The van der Waals surface area contributed by atoms with E-state index in [4.69, 9.17) is 0 Å². The maximum absolute atomic E-state index is 9.44. The second kappa shape index (κ2) is 9.47. The summed E-state index contributed by atoms with van der Waals surface area (Å²) in [5, 5.41) is 0. The predicted octanol–water partition coefficient (Wildman–Crippen LogP) is -5.40. The number of carbonyl (C=O) groups excluding carboxylic acids is 1. The molecule has 0 saturated carbocycles. The summed E-state index contributed by atoms with van der Waals surface area (Å²) >= 11 is 0. The van der Waals surface area contributed by atoms with Gasteiger partial charge in [-0.1, -0.05) is 0 Å². The summed E-state index contributed by atoms with van der Waals surface area (Å²) in [6.45, 7) is 3.06. The molecule has 0 aromatic rings. The monoisotopic (exact) mass is 160 g/mol. The molecule has 3 heteroatoms. The third-order valence-electron chi connectivity index (χ3n) is 0. The summed E-state index contributed by atoms with van der Waals surface area (Å²) in [6.07, 6.45) is 0. The van der Waals surface area contributed by atoms with Crippen LogP contribution in [0, 0.1) is 0 Å². The Bertz CT molecular complexity index is 33.8. The fraction of sp³-hybridized carbons (Fsp3) is 0.667. The molecule has 6 heavy (non-hydrogen) atoms. The van der Waals surface area contributed by atoms with Crippen molar-refractivity contribution in [3.05, 3.63) is 0 Å². The topological polar surface area (TPSA) is 17.1 Å². The molecule has 0 aromatic carbocycles. The van der Waals surface area contributed by atoms with Gasteiger partial charge in [-0.25, -0.2) is 0 Å². The Hall–Kier alpha value is 1.15. The van der Waals surface area contributed by atoms with E-state index >= 15 is 0 Å². The normalized spacial score (nSPS) is 4.33. The van der Waals surface area contributed by atoms with Gasteiger partial charge in [-0.05, 0) is 13.8 Å². The van der Waals surface area contributed by atoms with Gasteiger partial charge in [-0.3, -0.25) is 0 Å². The number of carbonyl (C=O) groups is 1. The van der Waals surface area contributed by atoms with E-state index in [1.165, 1.54) is 13.8 Å². The van der Waals surface area contributed by atoms with Crippen molar-refractivity contribution in [2.75, 3.05) is 0 Å². The summed E-state index contributed by atoms with van der Waals surface area (Å²) < 4.78 is 0. The first kappa shape index (κ1) is 15.7. The summed E-state index contributed by atoms with van der Waals surface area (Å²) in [4.78, 5) is 9.44. The fourth-order valence-corrected chi connectivity index (χ4v) is 0. The SMILES string of the molecule is CC(C)=O.[Br-].[Na+]. The molecule has 0 spiro atoms. The first-order chi connectivity index (χ1) is 1.73. The van der Waals surface area contributed by atoms with Crippen molar-refractivity contribution in [1.29, 1.82) is 0 Å². The van der Waals surface area contributed by atoms with Gasteiger partial charge in [0, 0.05) is 0 Å². The van der Waals surface area contributed by atoms with Crippen LogP contribution in [0.25, 0.3) is 0 Å². The summed E-state index contributed by atoms with van der Waals surface area (Å²) in [7, 11) is 0. The van der Waals surface area contributed by atoms with Gasteiger partial charge in [-0.15, -0.1) is 0 Å². The molecule has 1 nitrogen and oxygen atoms in total. The molecule has 0 saturated heterocycles. The minimum absolute atomic E-state index is 0. The zero-order chi connectivity index (χ0) is 3.58. The van der Waals surface area contributed by atoms with Crippen LogP contribution in [-0.2, 0) is 4.79 Å². The van der Waals surface area contributed by atoms with E-state index < -0.39 is 0 Å². The fourth-order valence-electron chi connectivity index (χ4n) is 0. The molecule has 0 aliphatic rings. The molecular formula is C3H6BrNaO. The van der Waals surface area contributed by atoms with Crippen LogP contribution in [0.3, 0.4) is 0 Å². The first-order valence-corrected chi connectivity index (χ1v) is 1.20. The Labute approximate surface area is 70.6 Å². The summed E-state index contributed by atoms with van der Waals surface area (Å²) in [6, 6.07) is 0. The van der Waals surface area contributed by atoms with Crippen LogP contribution in [0.5, 0.6) is 0 Å². The predicted molar refractivity (Wildman–Crippen MR) is 16.4 cm³/mol. The van der Waals surface area contributed by atoms with Crippen molar-refractivity contribution in [3.63, 3.8) is 0 Å². The zero-order valence-corrected chi connectivity index (χ0v) is 7.87. The van der Waals surface area contributed by atoms with Gasteiger partial charge in [0.15, 0.2) is 0 Å². The van der Waals surface area contributed by atoms with Crippen molar-refractivity contribution in [3.8, 4) is 0 Å². The van der Waals surface area contributed by atoms with Crippen molar-refractivity contribution in [2.24, 2.45) is 0 Å². The average molecular weight is 161 g/mol. The van der Waals surface area contributed by atoms with Crippen molar-refractivity contribution in [1.82, 2.24) is 0 Å². The minimum Gasteiger partial charge on any atom is -1.00 e. The molecule has 0 radical (unpaired) electrons. The van der Waals surface area contributed by atoms with Gasteiger partial charge < -0.3 is 21.8 Å². The Balaban J connectivity index is -0.0000000450. The molecule has 0 aromatic heterocycles. The quantitative estimate of drug-likeness (QED) is 0.324. The number of ketones is 1. The Morgan fingerprint density at radius 3 is 1.33 bits per heavy atom. The molecule has 0 aliphatic heterocycles. The van der Waals surface area contributed by atoms with Gasteiger partial charge in [-0.2, -0.15) is 0 Å². The summed E-state index contributed by atoms with van der Waals surface area (Å²) in [5.74, 6) is 0.167. The van der Waals surface area contributed by atoms with Crippen molar-refractivity contribution in [2.45, 2.75) is 13.8 Å². The van der Waals surface area contributed by atoms with Gasteiger partial charge in [0.25, 0.3) is 0 Å². The number of halogens is 1. The molecule has 32 valence electrons. The molecule has 0 fully saturated rings. The van der Waals surface area contributed by atoms with Crippen molar-refractivity contribution < 1.29 is 51.3 Å². The third-order valence-corrected chi connectivity index (χ3v) is 0. The van der Waals surface area contributed by atoms with Crippen LogP contribution in [-0.4, -0.2) is 5.78 Å². The number of rotatable bonds is 0. The van der Waals surface area contributed by atoms with Crippen LogP contribution < -0.4 is 46.5 Å². The minimum atomic E-state index is 0. The molecule has 0 atom stereocenters. The van der Waals surface area contributed by atoms with Crippen LogP contribution in [0.4, 0.5) is 0 Å². The van der Waals surface area contributed by atoms with E-state index in [0.29, 0.717) is 0 Å². The average Bonchev–Trinajstić information content (AvgIpc) is 0.811. The van der Waals surface area contributed by atoms with Crippen LogP contribution >= 0.6 is 0 Å². The van der Waals surface area contributed by atoms with Gasteiger partial charge in [0.2, 0.25) is 0 Å². The van der Waals surface area contributed by atoms with E-state index in [1.54, 1.807) is 0 Å². The number of Topliss-reactive ketones (excluding diaryl/α,β-unsaturated/α-hetero) is 1. The van der Waals surface area contributed by atoms with E-state index in [0.717, 1.165) is 0 Å². The van der Waals surface area contributed by atoms with Crippen molar-refractivity contribution >= 4 is 5.78 Å².